The van der Waals surface area contributed by atoms with Crippen LogP contribution < -0.4 is 0 Å². The summed E-state index contributed by atoms with van der Waals surface area (Å²) in [6.45, 7) is 6.42. The first-order chi connectivity index (χ1) is 27.5. The van der Waals surface area contributed by atoms with Gasteiger partial charge in [-0.05, 0) is 64.2 Å². The van der Waals surface area contributed by atoms with E-state index in [0.717, 1.165) is 96.3 Å². The van der Waals surface area contributed by atoms with Gasteiger partial charge in [0.2, 0.25) is 0 Å². The summed E-state index contributed by atoms with van der Waals surface area (Å²) in [5.74, 6) is -0.903. The number of carbonyl (C=O) groups is 3. The molecule has 0 saturated carbocycles. The van der Waals surface area contributed by atoms with Crippen LogP contribution in [0.2, 0.25) is 0 Å². The molecular formula is C50H86O6. The Morgan fingerprint density at radius 2 is 0.696 bits per heavy atom. The third-order valence-corrected chi connectivity index (χ3v) is 9.79. The minimum absolute atomic E-state index is 0.0769. The van der Waals surface area contributed by atoms with E-state index in [1.165, 1.54) is 83.5 Å². The van der Waals surface area contributed by atoms with Gasteiger partial charge in [0.1, 0.15) is 13.2 Å². The Kier molecular flexibility index (Phi) is 42.5. The number of allylic oxidation sites excluding steroid dienone is 10. The monoisotopic (exact) mass is 783 g/mol. The second-order valence-corrected chi connectivity index (χ2v) is 15.3. The quantitative estimate of drug-likeness (QED) is 0.0266. The van der Waals surface area contributed by atoms with Crippen molar-refractivity contribution in [2.24, 2.45) is 0 Å². The number of ether oxygens (including phenoxy) is 3. The van der Waals surface area contributed by atoms with Crippen LogP contribution in [0.3, 0.4) is 0 Å². The molecule has 6 nitrogen and oxygen atoms in total. The Bertz CT molecular complexity index is 1040. The topological polar surface area (TPSA) is 78.9 Å². The molecule has 0 radical (unpaired) electrons. The lowest BCUT2D eigenvalue weighted by atomic mass is 10.1. The predicted octanol–water partition coefficient (Wildman–Crippen LogP) is 14.9. The van der Waals surface area contributed by atoms with E-state index in [9.17, 15) is 14.4 Å². The number of unbranched alkanes of at least 4 members (excludes halogenated alkanes) is 20. The molecule has 1 unspecified atom stereocenters. The largest absolute Gasteiger partial charge is 0.462 e. The second-order valence-electron chi connectivity index (χ2n) is 15.3. The van der Waals surface area contributed by atoms with Crippen molar-refractivity contribution in [1.29, 1.82) is 0 Å². The number of rotatable bonds is 41. The minimum Gasteiger partial charge on any atom is -0.462 e. The van der Waals surface area contributed by atoms with Gasteiger partial charge in [-0.3, -0.25) is 14.4 Å². The zero-order valence-electron chi connectivity index (χ0n) is 36.6. The summed E-state index contributed by atoms with van der Waals surface area (Å²) in [5, 5.41) is 0. The fraction of sp³-hybridized carbons (Fsp3) is 0.740. The number of hydrogen-bond acceptors (Lipinski definition) is 6. The standard InChI is InChI=1S/C50H86O6/c1-4-7-10-13-16-18-19-20-21-22-23-24-25-26-27-28-29-30-31-33-34-37-40-43-49(52)55-46-47(45-54-48(51)42-39-36-15-12-9-6-3)56-50(53)44-41-38-35-32-17-14-11-8-5-2/h7,10,16,18,20-21,23-24,26-27,47H,4-6,8-9,11-15,17,19,22,25,28-46H2,1-3H3/b10-7-,18-16-,21-20-,24-23-,27-26-. The minimum atomic E-state index is -0.770. The van der Waals surface area contributed by atoms with E-state index in [1.807, 2.05) is 0 Å². The van der Waals surface area contributed by atoms with Crippen molar-refractivity contribution in [3.8, 4) is 0 Å². The Balaban J connectivity index is 4.16. The maximum atomic E-state index is 12.6. The fourth-order valence-corrected chi connectivity index (χ4v) is 6.29. The van der Waals surface area contributed by atoms with Crippen LogP contribution in [0.1, 0.15) is 220 Å². The van der Waals surface area contributed by atoms with Gasteiger partial charge in [0.15, 0.2) is 6.10 Å². The predicted molar refractivity (Wildman–Crippen MR) is 238 cm³/mol. The van der Waals surface area contributed by atoms with E-state index in [1.54, 1.807) is 0 Å². The highest BCUT2D eigenvalue weighted by Gasteiger charge is 2.19. The van der Waals surface area contributed by atoms with E-state index < -0.39 is 6.10 Å². The second kappa shape index (κ2) is 44.8. The van der Waals surface area contributed by atoms with Crippen LogP contribution in [0.25, 0.3) is 0 Å². The van der Waals surface area contributed by atoms with E-state index in [2.05, 4.69) is 81.5 Å². The van der Waals surface area contributed by atoms with Gasteiger partial charge in [-0.25, -0.2) is 0 Å². The maximum absolute atomic E-state index is 12.6. The molecule has 0 aromatic rings. The molecule has 0 aliphatic rings. The molecule has 0 heterocycles. The highest BCUT2D eigenvalue weighted by Crippen LogP contribution is 2.14. The van der Waals surface area contributed by atoms with Gasteiger partial charge in [-0.1, -0.05) is 197 Å². The molecule has 0 N–H and O–H groups in total. The molecule has 0 aliphatic heterocycles. The average Bonchev–Trinajstić information content (AvgIpc) is 3.19. The smallest absolute Gasteiger partial charge is 0.306 e. The lowest BCUT2D eigenvalue weighted by molar-refractivity contribution is -0.167. The van der Waals surface area contributed by atoms with Crippen molar-refractivity contribution in [3.63, 3.8) is 0 Å². The summed E-state index contributed by atoms with van der Waals surface area (Å²) >= 11 is 0. The third-order valence-electron chi connectivity index (χ3n) is 9.79. The lowest BCUT2D eigenvalue weighted by Crippen LogP contribution is -2.30. The van der Waals surface area contributed by atoms with Crippen molar-refractivity contribution in [3.05, 3.63) is 60.8 Å². The first-order valence-corrected chi connectivity index (χ1v) is 23.3. The van der Waals surface area contributed by atoms with Crippen LogP contribution >= 0.6 is 0 Å². The molecule has 322 valence electrons. The summed E-state index contributed by atoms with van der Waals surface area (Å²) in [6, 6.07) is 0. The summed E-state index contributed by atoms with van der Waals surface area (Å²) in [7, 11) is 0. The van der Waals surface area contributed by atoms with Gasteiger partial charge in [-0.15, -0.1) is 0 Å². The molecule has 0 amide bonds. The van der Waals surface area contributed by atoms with Crippen molar-refractivity contribution in [1.82, 2.24) is 0 Å². The van der Waals surface area contributed by atoms with Crippen LogP contribution in [-0.2, 0) is 28.6 Å². The van der Waals surface area contributed by atoms with Gasteiger partial charge in [0.05, 0.1) is 0 Å². The Morgan fingerprint density at radius 3 is 1.09 bits per heavy atom. The molecule has 1 atom stereocenters. The number of carbonyl (C=O) groups excluding carboxylic acids is 3. The van der Waals surface area contributed by atoms with Crippen LogP contribution in [0, 0.1) is 0 Å². The van der Waals surface area contributed by atoms with E-state index in [4.69, 9.17) is 14.2 Å². The molecule has 0 aliphatic carbocycles. The maximum Gasteiger partial charge on any atom is 0.306 e. The molecule has 0 saturated heterocycles. The Labute approximate surface area is 345 Å². The zero-order valence-corrected chi connectivity index (χ0v) is 36.6. The number of hydrogen-bond donors (Lipinski definition) is 0. The van der Waals surface area contributed by atoms with Gasteiger partial charge < -0.3 is 14.2 Å². The summed E-state index contributed by atoms with van der Waals surface area (Å²) < 4.78 is 16.6. The van der Waals surface area contributed by atoms with Crippen molar-refractivity contribution < 1.29 is 28.6 Å². The van der Waals surface area contributed by atoms with E-state index in [0.29, 0.717) is 19.3 Å². The SMILES string of the molecule is CC/C=C\C/C=C\C/C=C\C/C=C\C/C=C\CCCCCCCCCC(=O)OCC(COC(=O)CCCCCCCC)OC(=O)CCCCCCCCCCC. The van der Waals surface area contributed by atoms with Gasteiger partial charge in [0, 0.05) is 19.3 Å². The molecule has 6 heteroatoms. The van der Waals surface area contributed by atoms with Crippen LogP contribution in [0.5, 0.6) is 0 Å². The van der Waals surface area contributed by atoms with Gasteiger partial charge >= 0.3 is 17.9 Å². The normalized spacial score (nSPS) is 12.6. The van der Waals surface area contributed by atoms with Crippen LogP contribution in [0.4, 0.5) is 0 Å². The molecular weight excluding hydrogens is 697 g/mol. The van der Waals surface area contributed by atoms with Crippen LogP contribution in [-0.4, -0.2) is 37.2 Å². The average molecular weight is 783 g/mol. The third kappa shape index (κ3) is 42.3. The molecule has 0 aromatic carbocycles. The first kappa shape index (κ1) is 53.1. The van der Waals surface area contributed by atoms with Crippen molar-refractivity contribution in [2.75, 3.05) is 13.2 Å². The first-order valence-electron chi connectivity index (χ1n) is 23.3. The highest BCUT2D eigenvalue weighted by atomic mass is 16.6. The molecule has 0 spiro atoms. The van der Waals surface area contributed by atoms with E-state index >= 15 is 0 Å². The zero-order chi connectivity index (χ0) is 40.8. The van der Waals surface area contributed by atoms with Gasteiger partial charge in [-0.2, -0.15) is 0 Å². The lowest BCUT2D eigenvalue weighted by Gasteiger charge is -2.18. The van der Waals surface area contributed by atoms with Crippen molar-refractivity contribution >= 4 is 17.9 Å². The number of esters is 3. The summed E-state index contributed by atoms with van der Waals surface area (Å²) in [6.07, 6.45) is 53.7. The Morgan fingerprint density at radius 1 is 0.375 bits per heavy atom. The molecule has 0 aromatic heterocycles. The van der Waals surface area contributed by atoms with E-state index in [-0.39, 0.29) is 31.1 Å². The highest BCUT2D eigenvalue weighted by molar-refractivity contribution is 5.71. The summed E-state index contributed by atoms with van der Waals surface area (Å²) in [5.41, 5.74) is 0. The van der Waals surface area contributed by atoms with Crippen molar-refractivity contribution in [2.45, 2.75) is 226 Å². The molecule has 56 heavy (non-hydrogen) atoms. The molecule has 0 rings (SSSR count). The molecule has 0 bridgehead atoms. The fourth-order valence-electron chi connectivity index (χ4n) is 6.29. The Hall–Kier alpha value is -2.89. The van der Waals surface area contributed by atoms with Gasteiger partial charge in [0.25, 0.3) is 0 Å². The summed E-state index contributed by atoms with van der Waals surface area (Å²) in [4.78, 5) is 37.5. The van der Waals surface area contributed by atoms with Crippen LogP contribution in [0.15, 0.2) is 60.8 Å². The molecule has 0 fully saturated rings.